The Labute approximate surface area is 227 Å². The number of hydrogen-bond acceptors (Lipinski definition) is 7. The van der Waals surface area contributed by atoms with E-state index in [4.69, 9.17) is 14.2 Å². The molecule has 0 spiro atoms. The van der Waals surface area contributed by atoms with E-state index in [0.717, 1.165) is 15.6 Å². The summed E-state index contributed by atoms with van der Waals surface area (Å²) in [6.07, 6.45) is 5.15. The molecule has 204 valence electrons. The topological polar surface area (TPSA) is 112 Å². The lowest BCUT2D eigenvalue weighted by atomic mass is 10.1. The summed E-state index contributed by atoms with van der Waals surface area (Å²) < 4.78 is 46.6. The molecule has 0 bridgehead atoms. The number of nitrogens with one attached hydrogen (secondary N) is 1. The van der Waals surface area contributed by atoms with Gasteiger partial charge in [0.25, 0.3) is 10.0 Å². The Morgan fingerprint density at radius 3 is 2.41 bits per heavy atom. The number of carbonyl (C=O) groups is 1. The van der Waals surface area contributed by atoms with Gasteiger partial charge in [-0.15, -0.1) is 0 Å². The number of para-hydroxylation sites is 1. The van der Waals surface area contributed by atoms with Crippen LogP contribution in [0.15, 0.2) is 90.3 Å². The molecule has 0 saturated carbocycles. The Morgan fingerprint density at radius 2 is 1.74 bits per heavy atom. The lowest BCUT2D eigenvalue weighted by Crippen LogP contribution is -2.40. The largest absolute Gasteiger partial charge is 0.494 e. The highest BCUT2D eigenvalue weighted by molar-refractivity contribution is 7.92. The molecule has 11 heteroatoms. The first-order valence-corrected chi connectivity index (χ1v) is 13.6. The van der Waals surface area contributed by atoms with Gasteiger partial charge in [-0.1, -0.05) is 18.2 Å². The van der Waals surface area contributed by atoms with Crippen molar-refractivity contribution in [3.05, 3.63) is 91.0 Å². The van der Waals surface area contributed by atoms with Gasteiger partial charge in [0.1, 0.15) is 12.3 Å². The van der Waals surface area contributed by atoms with Crippen molar-refractivity contribution in [1.29, 1.82) is 0 Å². The number of methoxy groups -OCH3 is 2. The number of rotatable bonds is 12. The molecule has 4 aromatic rings. The van der Waals surface area contributed by atoms with E-state index in [2.05, 4.69) is 10.3 Å². The lowest BCUT2D eigenvalue weighted by Gasteiger charge is -2.25. The molecule has 0 radical (unpaired) electrons. The van der Waals surface area contributed by atoms with E-state index in [0.29, 0.717) is 23.8 Å². The average molecular weight is 551 g/mol. The van der Waals surface area contributed by atoms with E-state index < -0.39 is 22.5 Å². The molecule has 0 unspecified atom stereocenters. The second-order valence-electron chi connectivity index (χ2n) is 8.33. The van der Waals surface area contributed by atoms with Crippen LogP contribution in [0.4, 0.5) is 5.69 Å². The maximum absolute atomic E-state index is 13.8. The lowest BCUT2D eigenvalue weighted by molar-refractivity contribution is -0.119. The van der Waals surface area contributed by atoms with Crippen LogP contribution >= 0.6 is 0 Å². The Balaban J connectivity index is 1.62. The molecule has 10 nitrogen and oxygen atoms in total. The van der Waals surface area contributed by atoms with Crippen molar-refractivity contribution in [3.8, 4) is 22.9 Å². The molecule has 0 fully saturated rings. The highest BCUT2D eigenvalue weighted by Crippen LogP contribution is 2.32. The molecule has 0 saturated heterocycles. The van der Waals surface area contributed by atoms with Crippen LogP contribution in [-0.4, -0.2) is 51.2 Å². The van der Waals surface area contributed by atoms with E-state index in [1.807, 2.05) is 42.0 Å². The molecular weight excluding hydrogens is 520 g/mol. The number of nitrogens with zero attached hydrogens (tertiary/aromatic N) is 3. The van der Waals surface area contributed by atoms with Gasteiger partial charge >= 0.3 is 0 Å². The minimum Gasteiger partial charge on any atom is -0.494 e. The van der Waals surface area contributed by atoms with E-state index in [1.165, 1.54) is 32.4 Å². The number of carbonyl (C=O) groups excluding carboxylic acids is 1. The summed E-state index contributed by atoms with van der Waals surface area (Å²) in [5.74, 6) is 0.753. The standard InChI is InChI=1S/C28H30N4O6S/c1-4-38-23-11-9-22(10-12-23)32(39(34,35)24-13-14-26(36-2)27(17-24)37-3)19-28(33)30-18-21-7-5-6-8-25(21)31-16-15-29-20-31/h5-17,20H,4,18-19H2,1-3H3,(H,30,33). The Bertz CT molecular complexity index is 1510. The van der Waals surface area contributed by atoms with Crippen molar-refractivity contribution in [3.63, 3.8) is 0 Å². The highest BCUT2D eigenvalue weighted by Gasteiger charge is 2.28. The molecule has 39 heavy (non-hydrogen) atoms. The first-order chi connectivity index (χ1) is 18.9. The van der Waals surface area contributed by atoms with Crippen molar-refractivity contribution in [2.75, 3.05) is 31.7 Å². The third kappa shape index (κ3) is 6.32. The maximum atomic E-state index is 13.8. The highest BCUT2D eigenvalue weighted by atomic mass is 32.2. The fourth-order valence-electron chi connectivity index (χ4n) is 3.99. The normalized spacial score (nSPS) is 11.1. The monoisotopic (exact) mass is 550 g/mol. The predicted molar refractivity (Wildman–Crippen MR) is 147 cm³/mol. The van der Waals surface area contributed by atoms with Crippen LogP contribution in [-0.2, 0) is 21.4 Å². The number of ether oxygens (including phenoxy) is 3. The van der Waals surface area contributed by atoms with Crippen molar-refractivity contribution in [2.24, 2.45) is 0 Å². The van der Waals surface area contributed by atoms with Gasteiger partial charge in [0.15, 0.2) is 11.5 Å². The number of sulfonamides is 1. The van der Waals surface area contributed by atoms with E-state index >= 15 is 0 Å². The quantitative estimate of drug-likeness (QED) is 0.286. The fraction of sp³-hybridized carbons (Fsp3) is 0.214. The van der Waals surface area contributed by atoms with Crippen LogP contribution in [0.5, 0.6) is 17.2 Å². The van der Waals surface area contributed by atoms with Crippen molar-refractivity contribution in [1.82, 2.24) is 14.9 Å². The van der Waals surface area contributed by atoms with Gasteiger partial charge < -0.3 is 24.1 Å². The SMILES string of the molecule is CCOc1ccc(N(CC(=O)NCc2ccccc2-n2ccnc2)S(=O)(=O)c2ccc(OC)c(OC)c2)cc1. The molecule has 1 aromatic heterocycles. The Hall–Kier alpha value is -4.51. The molecule has 1 amide bonds. The van der Waals surface area contributed by atoms with Crippen molar-refractivity contribution in [2.45, 2.75) is 18.4 Å². The third-order valence-electron chi connectivity index (χ3n) is 5.92. The number of imidazole rings is 1. The second-order valence-corrected chi connectivity index (χ2v) is 10.2. The van der Waals surface area contributed by atoms with Gasteiger partial charge in [0.05, 0.1) is 43.4 Å². The number of aromatic nitrogens is 2. The van der Waals surface area contributed by atoms with E-state index in [1.54, 1.807) is 36.8 Å². The summed E-state index contributed by atoms with van der Waals surface area (Å²) in [5, 5.41) is 2.85. The summed E-state index contributed by atoms with van der Waals surface area (Å²) in [6, 6.07) is 18.4. The number of hydrogen-bond donors (Lipinski definition) is 1. The van der Waals surface area contributed by atoms with E-state index in [-0.39, 0.29) is 17.2 Å². The molecule has 0 aliphatic carbocycles. The molecule has 1 N–H and O–H groups in total. The smallest absolute Gasteiger partial charge is 0.264 e. The van der Waals surface area contributed by atoms with Gasteiger partial charge in [-0.3, -0.25) is 9.10 Å². The molecule has 4 rings (SSSR count). The van der Waals surface area contributed by atoms with Gasteiger partial charge in [-0.25, -0.2) is 13.4 Å². The molecular formula is C28H30N4O6S. The van der Waals surface area contributed by atoms with Crippen LogP contribution in [0.1, 0.15) is 12.5 Å². The Kier molecular flexibility index (Phi) is 8.72. The molecule has 3 aromatic carbocycles. The minimum atomic E-state index is -4.17. The van der Waals surface area contributed by atoms with Crippen LogP contribution in [0.3, 0.4) is 0 Å². The summed E-state index contributed by atoms with van der Waals surface area (Å²) in [5.41, 5.74) is 2.01. The van der Waals surface area contributed by atoms with Crippen LogP contribution < -0.4 is 23.8 Å². The molecule has 1 heterocycles. The summed E-state index contributed by atoms with van der Waals surface area (Å²) in [6.45, 7) is 2.08. The summed E-state index contributed by atoms with van der Waals surface area (Å²) >= 11 is 0. The zero-order chi connectivity index (χ0) is 27.8. The summed E-state index contributed by atoms with van der Waals surface area (Å²) in [7, 11) is -1.28. The molecule has 0 aliphatic heterocycles. The fourth-order valence-corrected chi connectivity index (χ4v) is 5.43. The van der Waals surface area contributed by atoms with Gasteiger partial charge in [-0.05, 0) is 55.0 Å². The first-order valence-electron chi connectivity index (χ1n) is 12.2. The van der Waals surface area contributed by atoms with Crippen LogP contribution in [0, 0.1) is 0 Å². The molecule has 0 aliphatic rings. The van der Waals surface area contributed by atoms with Gasteiger partial charge in [0.2, 0.25) is 5.91 Å². The van der Waals surface area contributed by atoms with Crippen molar-refractivity contribution < 1.29 is 27.4 Å². The predicted octanol–water partition coefficient (Wildman–Crippen LogP) is 3.80. The molecule has 0 atom stereocenters. The number of anilines is 1. The van der Waals surface area contributed by atoms with E-state index in [9.17, 15) is 13.2 Å². The minimum absolute atomic E-state index is 0.0488. The number of amides is 1. The number of benzene rings is 3. The van der Waals surface area contributed by atoms with Crippen LogP contribution in [0.2, 0.25) is 0 Å². The Morgan fingerprint density at radius 1 is 1.00 bits per heavy atom. The first kappa shape index (κ1) is 27.5. The second kappa shape index (κ2) is 12.4. The van der Waals surface area contributed by atoms with Gasteiger partial charge in [0, 0.05) is 25.0 Å². The van der Waals surface area contributed by atoms with Gasteiger partial charge in [-0.2, -0.15) is 0 Å². The summed E-state index contributed by atoms with van der Waals surface area (Å²) in [4.78, 5) is 17.2. The zero-order valence-electron chi connectivity index (χ0n) is 21.9. The zero-order valence-corrected chi connectivity index (χ0v) is 22.7. The third-order valence-corrected chi connectivity index (χ3v) is 7.69. The van der Waals surface area contributed by atoms with Crippen molar-refractivity contribution >= 4 is 21.6 Å². The average Bonchev–Trinajstić information content (AvgIpc) is 3.50. The van der Waals surface area contributed by atoms with Crippen LogP contribution in [0.25, 0.3) is 5.69 Å². The maximum Gasteiger partial charge on any atom is 0.264 e.